The summed E-state index contributed by atoms with van der Waals surface area (Å²) >= 11 is 0. The molecule has 1 nitrogen and oxygen atoms in total. The van der Waals surface area contributed by atoms with Crippen molar-refractivity contribution in [2.45, 2.75) is 12.4 Å². The van der Waals surface area contributed by atoms with E-state index in [1.54, 1.807) is 0 Å². The molecule has 0 N–H and O–H groups in total. The SMILES string of the molecule is Fc1cc(-c2ccccc2C(F)(F)F)nc(-c2ccccc2C(F)(F)F)c1. The van der Waals surface area contributed by atoms with Crippen LogP contribution in [0.15, 0.2) is 60.7 Å². The van der Waals surface area contributed by atoms with Crippen LogP contribution in [0.3, 0.4) is 0 Å². The number of rotatable bonds is 2. The largest absolute Gasteiger partial charge is 0.417 e. The van der Waals surface area contributed by atoms with E-state index in [-0.39, 0.29) is 0 Å². The molecule has 0 atom stereocenters. The van der Waals surface area contributed by atoms with Crippen molar-refractivity contribution in [3.63, 3.8) is 0 Å². The molecule has 0 aliphatic rings. The number of halogens is 7. The van der Waals surface area contributed by atoms with Gasteiger partial charge < -0.3 is 0 Å². The fourth-order valence-electron chi connectivity index (χ4n) is 2.68. The summed E-state index contributed by atoms with van der Waals surface area (Å²) in [5.41, 5.74) is -3.77. The molecule has 1 heterocycles. The molecule has 0 fully saturated rings. The molecule has 0 amide bonds. The van der Waals surface area contributed by atoms with Gasteiger partial charge in [-0.15, -0.1) is 0 Å². The van der Waals surface area contributed by atoms with E-state index in [0.717, 1.165) is 48.5 Å². The third-order valence-corrected chi connectivity index (χ3v) is 3.81. The molecule has 1 aromatic heterocycles. The van der Waals surface area contributed by atoms with E-state index < -0.39 is 51.8 Å². The first-order valence-corrected chi connectivity index (χ1v) is 7.58. The van der Waals surface area contributed by atoms with E-state index in [0.29, 0.717) is 0 Å². The predicted molar refractivity (Wildman–Crippen MR) is 85.1 cm³/mol. The van der Waals surface area contributed by atoms with Gasteiger partial charge in [0.15, 0.2) is 0 Å². The molecule has 0 saturated carbocycles. The van der Waals surface area contributed by atoms with Gasteiger partial charge >= 0.3 is 12.4 Å². The van der Waals surface area contributed by atoms with Gasteiger partial charge in [0.05, 0.1) is 22.5 Å². The maximum Gasteiger partial charge on any atom is 0.417 e. The van der Waals surface area contributed by atoms with Crippen LogP contribution in [0.5, 0.6) is 0 Å². The third-order valence-electron chi connectivity index (χ3n) is 3.81. The topological polar surface area (TPSA) is 12.9 Å². The van der Waals surface area contributed by atoms with E-state index in [4.69, 9.17) is 0 Å². The van der Waals surface area contributed by atoms with Crippen molar-refractivity contribution >= 4 is 0 Å². The van der Waals surface area contributed by atoms with Crippen molar-refractivity contribution in [1.29, 1.82) is 0 Å². The summed E-state index contributed by atoms with van der Waals surface area (Å²) < 4.78 is 93.3. The fourth-order valence-corrected chi connectivity index (χ4v) is 2.68. The van der Waals surface area contributed by atoms with Crippen LogP contribution in [0.4, 0.5) is 30.7 Å². The summed E-state index contributed by atoms with van der Waals surface area (Å²) in [6, 6.07) is 10.2. The number of nitrogens with zero attached hydrogens (tertiary/aromatic N) is 1. The normalized spacial score (nSPS) is 12.3. The van der Waals surface area contributed by atoms with Crippen LogP contribution >= 0.6 is 0 Å². The van der Waals surface area contributed by atoms with Crippen molar-refractivity contribution in [1.82, 2.24) is 4.98 Å². The summed E-state index contributed by atoms with van der Waals surface area (Å²) in [7, 11) is 0. The van der Waals surface area contributed by atoms with Gasteiger partial charge in [0, 0.05) is 23.3 Å². The molecule has 0 bridgehead atoms. The molecule has 3 rings (SSSR count). The monoisotopic (exact) mass is 385 g/mol. The molecule has 8 heteroatoms. The first kappa shape index (κ1) is 18.9. The Morgan fingerprint density at radius 3 is 1.33 bits per heavy atom. The Balaban J connectivity index is 2.23. The molecule has 0 unspecified atom stereocenters. The lowest BCUT2D eigenvalue weighted by molar-refractivity contribution is -0.137. The molecule has 0 radical (unpaired) electrons. The van der Waals surface area contributed by atoms with Crippen LogP contribution in [-0.4, -0.2) is 4.98 Å². The molecule has 0 aliphatic carbocycles. The smallest absolute Gasteiger partial charge is 0.248 e. The van der Waals surface area contributed by atoms with Crippen LogP contribution in [0.25, 0.3) is 22.5 Å². The van der Waals surface area contributed by atoms with E-state index in [1.165, 1.54) is 12.1 Å². The summed E-state index contributed by atoms with van der Waals surface area (Å²) in [5.74, 6) is -0.996. The summed E-state index contributed by atoms with van der Waals surface area (Å²) in [4.78, 5) is 3.88. The molecule has 0 saturated heterocycles. The highest BCUT2D eigenvalue weighted by Gasteiger charge is 2.35. The van der Waals surface area contributed by atoms with Crippen LogP contribution in [-0.2, 0) is 12.4 Å². The molecule has 0 aliphatic heterocycles. The molecule has 0 spiro atoms. The fraction of sp³-hybridized carbons (Fsp3) is 0.105. The number of alkyl halides is 6. The van der Waals surface area contributed by atoms with E-state index in [2.05, 4.69) is 4.98 Å². The van der Waals surface area contributed by atoms with Crippen molar-refractivity contribution in [3.05, 3.63) is 77.6 Å². The maximum atomic E-state index is 14.1. The van der Waals surface area contributed by atoms with Gasteiger partial charge in [-0.2, -0.15) is 26.3 Å². The lowest BCUT2D eigenvalue weighted by Crippen LogP contribution is -2.09. The lowest BCUT2D eigenvalue weighted by atomic mass is 10.0. The van der Waals surface area contributed by atoms with Crippen molar-refractivity contribution in [3.8, 4) is 22.5 Å². The minimum atomic E-state index is -4.73. The Bertz CT molecular complexity index is 899. The number of hydrogen-bond donors (Lipinski definition) is 0. The van der Waals surface area contributed by atoms with Gasteiger partial charge in [-0.1, -0.05) is 36.4 Å². The average molecular weight is 385 g/mol. The lowest BCUT2D eigenvalue weighted by Gasteiger charge is -2.15. The van der Waals surface area contributed by atoms with E-state index in [1.807, 2.05) is 0 Å². The van der Waals surface area contributed by atoms with Gasteiger partial charge in [-0.25, -0.2) is 9.37 Å². The van der Waals surface area contributed by atoms with Crippen molar-refractivity contribution < 1.29 is 30.7 Å². The molecule has 3 aromatic rings. The molecule has 27 heavy (non-hydrogen) atoms. The maximum absolute atomic E-state index is 14.1. The zero-order chi connectivity index (χ0) is 19.8. The van der Waals surface area contributed by atoms with E-state index in [9.17, 15) is 30.7 Å². The second-order valence-corrected chi connectivity index (χ2v) is 5.64. The standard InChI is InChI=1S/C19H10F7N/c20-11-9-16(12-5-1-3-7-14(12)18(21,22)23)27-17(10-11)13-6-2-4-8-15(13)19(24,25)26/h1-10H. The summed E-state index contributed by atoms with van der Waals surface area (Å²) in [6.45, 7) is 0. The Morgan fingerprint density at radius 2 is 0.963 bits per heavy atom. The molecule has 2 aromatic carbocycles. The Kier molecular flexibility index (Phi) is 4.67. The quantitative estimate of drug-likeness (QED) is 0.454. The summed E-state index contributed by atoms with van der Waals surface area (Å²) in [5, 5.41) is 0. The second-order valence-electron chi connectivity index (χ2n) is 5.64. The minimum absolute atomic E-state index is 0.407. The van der Waals surface area contributed by atoms with Crippen molar-refractivity contribution in [2.24, 2.45) is 0 Å². The summed E-state index contributed by atoms with van der Waals surface area (Å²) in [6.07, 6.45) is -9.46. The Labute approximate surface area is 149 Å². The molecular formula is C19H10F7N. The van der Waals surface area contributed by atoms with Crippen molar-refractivity contribution in [2.75, 3.05) is 0 Å². The number of aromatic nitrogens is 1. The third kappa shape index (κ3) is 3.94. The minimum Gasteiger partial charge on any atom is -0.248 e. The van der Waals surface area contributed by atoms with Crippen LogP contribution in [0, 0.1) is 5.82 Å². The van der Waals surface area contributed by atoms with Gasteiger partial charge in [-0.05, 0) is 12.1 Å². The van der Waals surface area contributed by atoms with Crippen LogP contribution in [0.1, 0.15) is 11.1 Å². The highest BCUT2D eigenvalue weighted by molar-refractivity contribution is 5.71. The molecular weight excluding hydrogens is 375 g/mol. The van der Waals surface area contributed by atoms with Crippen LogP contribution < -0.4 is 0 Å². The number of benzene rings is 2. The second kappa shape index (κ2) is 6.68. The van der Waals surface area contributed by atoms with Crippen LogP contribution in [0.2, 0.25) is 0 Å². The number of hydrogen-bond acceptors (Lipinski definition) is 1. The number of pyridine rings is 1. The predicted octanol–water partition coefficient (Wildman–Crippen LogP) is 6.59. The first-order valence-electron chi connectivity index (χ1n) is 7.58. The molecule has 140 valence electrons. The Morgan fingerprint density at radius 1 is 0.593 bits per heavy atom. The zero-order valence-corrected chi connectivity index (χ0v) is 13.4. The average Bonchev–Trinajstić information content (AvgIpc) is 2.60. The van der Waals surface area contributed by atoms with Gasteiger partial charge in [0.2, 0.25) is 0 Å². The highest BCUT2D eigenvalue weighted by Crippen LogP contribution is 2.39. The van der Waals surface area contributed by atoms with E-state index >= 15 is 0 Å². The van der Waals surface area contributed by atoms with Gasteiger partial charge in [-0.3, -0.25) is 0 Å². The first-order chi connectivity index (χ1) is 12.6. The van der Waals surface area contributed by atoms with Gasteiger partial charge in [0.1, 0.15) is 5.82 Å². The highest BCUT2D eigenvalue weighted by atomic mass is 19.4. The Hall–Kier alpha value is -2.90. The zero-order valence-electron chi connectivity index (χ0n) is 13.4. The van der Waals surface area contributed by atoms with Gasteiger partial charge in [0.25, 0.3) is 0 Å².